The summed E-state index contributed by atoms with van der Waals surface area (Å²) in [6.07, 6.45) is 2.14. The van der Waals surface area contributed by atoms with Crippen molar-refractivity contribution in [3.8, 4) is 22.8 Å². The van der Waals surface area contributed by atoms with Crippen molar-refractivity contribution in [1.82, 2.24) is 10.3 Å². The number of thiazole rings is 1. The number of nitrogens with one attached hydrogen (secondary N) is 3. The van der Waals surface area contributed by atoms with Crippen molar-refractivity contribution >= 4 is 57.7 Å². The maximum Gasteiger partial charge on any atom is 0.272 e. The van der Waals surface area contributed by atoms with E-state index >= 15 is 0 Å². The van der Waals surface area contributed by atoms with Gasteiger partial charge < -0.3 is 25.4 Å². The lowest BCUT2D eigenvalue weighted by Gasteiger charge is -2.15. The maximum atomic E-state index is 13.7. The van der Waals surface area contributed by atoms with Crippen molar-refractivity contribution in [2.24, 2.45) is 0 Å². The Labute approximate surface area is 293 Å². The summed E-state index contributed by atoms with van der Waals surface area (Å²) in [5.41, 5.74) is 3.39. The topological polar surface area (TPSA) is 119 Å². The lowest BCUT2D eigenvalue weighted by molar-refractivity contribution is -0.116. The molecule has 49 heavy (non-hydrogen) atoms. The molecule has 5 rings (SSSR count). The van der Waals surface area contributed by atoms with Gasteiger partial charge in [0.2, 0.25) is 5.91 Å². The van der Waals surface area contributed by atoms with Crippen LogP contribution in [0.15, 0.2) is 114 Å². The SMILES string of the molecule is CCC(Sc1cccc(NC(=O)/C(=C\c2ccc(OC)c(OC)c2)NC(=O)c2ccccc2)c1)C(=O)Nc1nc(-c2ccccc2)c(C)s1. The van der Waals surface area contributed by atoms with Crippen LogP contribution in [0, 0.1) is 6.92 Å². The van der Waals surface area contributed by atoms with E-state index < -0.39 is 17.1 Å². The number of carbonyl (C=O) groups is 3. The van der Waals surface area contributed by atoms with E-state index in [9.17, 15) is 14.4 Å². The Morgan fingerprint density at radius 3 is 2.27 bits per heavy atom. The fourth-order valence-electron chi connectivity index (χ4n) is 4.88. The molecule has 11 heteroatoms. The fourth-order valence-corrected chi connectivity index (χ4v) is 6.74. The number of methoxy groups -OCH3 is 2. The lowest BCUT2D eigenvalue weighted by atomic mass is 10.1. The Bertz CT molecular complexity index is 1960. The van der Waals surface area contributed by atoms with Crippen LogP contribution in [0.3, 0.4) is 0 Å². The molecule has 0 aliphatic rings. The average Bonchev–Trinajstić information content (AvgIpc) is 3.50. The van der Waals surface area contributed by atoms with E-state index in [2.05, 4.69) is 20.9 Å². The zero-order valence-corrected chi connectivity index (χ0v) is 29.1. The van der Waals surface area contributed by atoms with Crippen molar-refractivity contribution in [1.29, 1.82) is 0 Å². The minimum Gasteiger partial charge on any atom is -0.493 e. The summed E-state index contributed by atoms with van der Waals surface area (Å²) in [7, 11) is 3.06. The second-order valence-corrected chi connectivity index (χ2v) is 13.2. The van der Waals surface area contributed by atoms with E-state index in [4.69, 9.17) is 9.47 Å². The van der Waals surface area contributed by atoms with Crippen LogP contribution in [0.4, 0.5) is 10.8 Å². The van der Waals surface area contributed by atoms with Gasteiger partial charge in [0, 0.05) is 26.6 Å². The molecule has 0 fully saturated rings. The van der Waals surface area contributed by atoms with Gasteiger partial charge in [-0.15, -0.1) is 23.1 Å². The smallest absolute Gasteiger partial charge is 0.272 e. The molecule has 1 unspecified atom stereocenters. The number of hydrogen-bond donors (Lipinski definition) is 3. The molecule has 250 valence electrons. The number of aryl methyl sites for hydroxylation is 1. The van der Waals surface area contributed by atoms with E-state index in [0.717, 1.165) is 21.0 Å². The number of thioether (sulfide) groups is 1. The third kappa shape index (κ3) is 9.16. The molecule has 0 saturated carbocycles. The highest BCUT2D eigenvalue weighted by molar-refractivity contribution is 8.00. The van der Waals surface area contributed by atoms with Gasteiger partial charge in [0.05, 0.1) is 25.2 Å². The van der Waals surface area contributed by atoms with Crippen LogP contribution in [0.25, 0.3) is 17.3 Å². The Morgan fingerprint density at radius 1 is 0.857 bits per heavy atom. The molecule has 0 saturated heterocycles. The Kier molecular flexibility index (Phi) is 11.9. The normalized spacial score (nSPS) is 11.7. The predicted octanol–water partition coefficient (Wildman–Crippen LogP) is 8.05. The summed E-state index contributed by atoms with van der Waals surface area (Å²) in [5.74, 6) is -0.106. The molecular formula is C38H36N4O5S2. The van der Waals surface area contributed by atoms with Crippen LogP contribution in [0.5, 0.6) is 11.5 Å². The second kappa shape index (κ2) is 16.6. The van der Waals surface area contributed by atoms with E-state index in [1.807, 2.05) is 56.3 Å². The van der Waals surface area contributed by atoms with Gasteiger partial charge in [-0.1, -0.05) is 67.6 Å². The average molecular weight is 693 g/mol. The molecule has 0 spiro atoms. The van der Waals surface area contributed by atoms with Gasteiger partial charge >= 0.3 is 0 Å². The van der Waals surface area contributed by atoms with Crippen molar-refractivity contribution in [3.05, 3.63) is 125 Å². The van der Waals surface area contributed by atoms with Crippen LogP contribution >= 0.6 is 23.1 Å². The molecule has 5 aromatic rings. The number of amides is 3. The van der Waals surface area contributed by atoms with Crippen molar-refractivity contribution < 1.29 is 23.9 Å². The van der Waals surface area contributed by atoms with Crippen molar-refractivity contribution in [3.63, 3.8) is 0 Å². The van der Waals surface area contributed by atoms with Crippen LogP contribution in [0.1, 0.15) is 34.1 Å². The quantitative estimate of drug-likeness (QED) is 0.0844. The third-order valence-electron chi connectivity index (χ3n) is 7.35. The highest BCUT2D eigenvalue weighted by atomic mass is 32.2. The number of benzene rings is 4. The molecule has 0 aliphatic heterocycles. The zero-order valence-electron chi connectivity index (χ0n) is 27.5. The number of hydrogen-bond acceptors (Lipinski definition) is 8. The Hall–Kier alpha value is -5.39. The van der Waals surface area contributed by atoms with Gasteiger partial charge in [0.25, 0.3) is 11.8 Å². The number of anilines is 2. The van der Waals surface area contributed by atoms with E-state index in [0.29, 0.717) is 39.9 Å². The van der Waals surface area contributed by atoms with Gasteiger partial charge in [-0.3, -0.25) is 14.4 Å². The largest absolute Gasteiger partial charge is 0.493 e. The summed E-state index contributed by atoms with van der Waals surface area (Å²) in [6, 6.07) is 30.9. The summed E-state index contributed by atoms with van der Waals surface area (Å²) in [5, 5.41) is 8.78. The van der Waals surface area contributed by atoms with Gasteiger partial charge in [-0.25, -0.2) is 4.98 Å². The number of aromatic nitrogens is 1. The first kappa shape index (κ1) is 34.9. The van der Waals surface area contributed by atoms with Gasteiger partial charge in [-0.05, 0) is 67.4 Å². The van der Waals surface area contributed by atoms with Crippen molar-refractivity contribution in [2.45, 2.75) is 30.4 Å². The molecule has 1 heterocycles. The van der Waals surface area contributed by atoms with Crippen molar-refractivity contribution in [2.75, 3.05) is 24.9 Å². The second-order valence-electron chi connectivity index (χ2n) is 10.8. The predicted molar refractivity (Wildman–Crippen MR) is 197 cm³/mol. The van der Waals surface area contributed by atoms with Gasteiger partial charge in [-0.2, -0.15) is 0 Å². The summed E-state index contributed by atoms with van der Waals surface area (Å²) >= 11 is 2.84. The minimum atomic E-state index is -0.528. The fraction of sp³-hybridized carbons (Fsp3) is 0.158. The first-order valence-electron chi connectivity index (χ1n) is 15.5. The highest BCUT2D eigenvalue weighted by Crippen LogP contribution is 2.33. The Morgan fingerprint density at radius 2 is 1.57 bits per heavy atom. The van der Waals surface area contributed by atoms with Gasteiger partial charge in [0.1, 0.15) is 5.70 Å². The van der Waals surface area contributed by atoms with Crippen LogP contribution < -0.4 is 25.4 Å². The number of nitrogens with zero attached hydrogens (tertiary/aromatic N) is 1. The number of carbonyl (C=O) groups excluding carboxylic acids is 3. The molecule has 0 aliphatic carbocycles. The number of ether oxygens (including phenoxy) is 2. The zero-order chi connectivity index (χ0) is 34.8. The lowest BCUT2D eigenvalue weighted by Crippen LogP contribution is -2.30. The third-order valence-corrected chi connectivity index (χ3v) is 9.60. The first-order chi connectivity index (χ1) is 23.8. The number of rotatable bonds is 13. The maximum absolute atomic E-state index is 13.7. The Balaban J connectivity index is 1.31. The van der Waals surface area contributed by atoms with Crippen LogP contribution in [-0.2, 0) is 9.59 Å². The highest BCUT2D eigenvalue weighted by Gasteiger charge is 2.21. The van der Waals surface area contributed by atoms with E-state index in [1.165, 1.54) is 37.3 Å². The molecule has 9 nitrogen and oxygen atoms in total. The van der Waals surface area contributed by atoms with Crippen LogP contribution in [-0.4, -0.2) is 42.2 Å². The molecule has 1 atom stereocenters. The van der Waals surface area contributed by atoms with Crippen LogP contribution in [0.2, 0.25) is 0 Å². The van der Waals surface area contributed by atoms with E-state index in [1.54, 1.807) is 66.7 Å². The van der Waals surface area contributed by atoms with E-state index in [-0.39, 0.29) is 11.6 Å². The monoisotopic (exact) mass is 692 g/mol. The summed E-state index contributed by atoms with van der Waals surface area (Å²) < 4.78 is 10.8. The molecular weight excluding hydrogens is 657 g/mol. The molecule has 4 aromatic carbocycles. The molecule has 0 bridgehead atoms. The molecule has 1 aromatic heterocycles. The summed E-state index contributed by atoms with van der Waals surface area (Å²) in [6.45, 7) is 3.94. The minimum absolute atomic E-state index is 0.0264. The first-order valence-corrected chi connectivity index (χ1v) is 17.2. The van der Waals surface area contributed by atoms with Gasteiger partial charge in [0.15, 0.2) is 16.6 Å². The summed E-state index contributed by atoms with van der Waals surface area (Å²) in [4.78, 5) is 46.6. The molecule has 3 N–H and O–H groups in total. The molecule has 3 amide bonds. The standard InChI is InChI=1S/C38H36N4O5S2/c1-5-33(37(45)42-38-41-34(24(2)48-38)26-13-8-6-9-14-26)49-29-18-12-17-28(23-29)39-36(44)30(40-35(43)27-15-10-7-11-16-27)21-25-19-20-31(46-3)32(22-25)47-4/h6-23,33H,5H2,1-4H3,(H,39,44)(H,40,43)(H,41,42,45)/b30-21+. The molecule has 0 radical (unpaired) electrons.